The van der Waals surface area contributed by atoms with Crippen LogP contribution in [0.4, 0.5) is 10.1 Å². The number of hydrogen-bond acceptors (Lipinski definition) is 4. The average Bonchev–Trinajstić information content (AvgIpc) is 2.61. The van der Waals surface area contributed by atoms with Crippen molar-refractivity contribution in [3.05, 3.63) is 64.4 Å². The van der Waals surface area contributed by atoms with Crippen LogP contribution in [0.25, 0.3) is 0 Å². The van der Waals surface area contributed by atoms with Crippen molar-refractivity contribution < 1.29 is 23.5 Å². The molecular weight excluding hydrogens is 395 g/mol. The lowest BCUT2D eigenvalue weighted by atomic mass is 10.2. The third-order valence-corrected chi connectivity index (χ3v) is 3.49. The van der Waals surface area contributed by atoms with E-state index in [2.05, 4.69) is 26.6 Å². The van der Waals surface area contributed by atoms with Gasteiger partial charge in [0.25, 0.3) is 11.8 Å². The van der Waals surface area contributed by atoms with Gasteiger partial charge in [0.1, 0.15) is 12.4 Å². The van der Waals surface area contributed by atoms with Crippen LogP contribution >= 0.6 is 15.9 Å². The summed E-state index contributed by atoms with van der Waals surface area (Å²) in [6, 6.07) is 12.5. The molecule has 0 radical (unpaired) electrons. The molecule has 130 valence electrons. The number of amides is 2. The Morgan fingerprint density at radius 3 is 2.48 bits per heavy atom. The molecule has 0 unspecified atom stereocenters. The van der Waals surface area contributed by atoms with Crippen molar-refractivity contribution in [3.63, 3.8) is 0 Å². The number of anilines is 1. The first-order chi connectivity index (χ1) is 12.0. The van der Waals surface area contributed by atoms with Crippen molar-refractivity contribution in [1.29, 1.82) is 0 Å². The molecule has 25 heavy (non-hydrogen) atoms. The maximum atomic E-state index is 13.6. The summed E-state index contributed by atoms with van der Waals surface area (Å²) < 4.78 is 18.8. The molecule has 0 aromatic heterocycles. The number of ether oxygens (including phenoxy) is 1. The molecule has 2 N–H and O–H groups in total. The van der Waals surface area contributed by atoms with Crippen molar-refractivity contribution in [3.8, 4) is 0 Å². The van der Waals surface area contributed by atoms with E-state index >= 15 is 0 Å². The van der Waals surface area contributed by atoms with Crippen LogP contribution in [0.2, 0.25) is 0 Å². The van der Waals surface area contributed by atoms with E-state index in [-0.39, 0.29) is 12.2 Å². The number of carbonyl (C=O) groups is 3. The third-order valence-electron chi connectivity index (χ3n) is 3.00. The Labute approximate surface area is 151 Å². The Bertz CT molecular complexity index is 783. The van der Waals surface area contributed by atoms with Gasteiger partial charge in [-0.15, -0.1) is 0 Å². The second kappa shape index (κ2) is 8.93. The highest BCUT2D eigenvalue weighted by Crippen LogP contribution is 2.19. The van der Waals surface area contributed by atoms with Gasteiger partial charge in [-0.1, -0.05) is 34.1 Å². The summed E-state index contributed by atoms with van der Waals surface area (Å²) in [5.74, 6) is -2.53. The number of carbonyl (C=O) groups excluding carboxylic acids is 3. The van der Waals surface area contributed by atoms with Crippen LogP contribution in [0.3, 0.4) is 0 Å². The molecule has 6 nitrogen and oxygen atoms in total. The van der Waals surface area contributed by atoms with Crippen molar-refractivity contribution in [2.75, 3.05) is 18.5 Å². The van der Waals surface area contributed by atoms with E-state index in [1.807, 2.05) is 0 Å². The fourth-order valence-corrected chi connectivity index (χ4v) is 2.15. The van der Waals surface area contributed by atoms with Gasteiger partial charge in [-0.25, -0.2) is 4.39 Å². The Hall–Kier alpha value is -2.74. The SMILES string of the molecule is O=C(COC(=O)CNC(=O)c1ccccc1)Nc1ccc(Br)cc1F. The predicted octanol–water partition coefficient (Wildman–Crippen LogP) is 2.50. The monoisotopic (exact) mass is 408 g/mol. The Morgan fingerprint density at radius 1 is 1.08 bits per heavy atom. The second-order valence-electron chi connectivity index (χ2n) is 4.88. The first-order valence-corrected chi connectivity index (χ1v) is 7.99. The molecule has 0 heterocycles. The highest BCUT2D eigenvalue weighted by Gasteiger charge is 2.12. The van der Waals surface area contributed by atoms with Crippen LogP contribution in [-0.2, 0) is 14.3 Å². The standard InChI is InChI=1S/C17H14BrFN2O4/c18-12-6-7-14(13(19)8-12)21-15(22)10-25-16(23)9-20-17(24)11-4-2-1-3-5-11/h1-8H,9-10H2,(H,20,24)(H,21,22). The summed E-state index contributed by atoms with van der Waals surface area (Å²) in [5.41, 5.74) is 0.375. The van der Waals surface area contributed by atoms with Crippen LogP contribution in [0.1, 0.15) is 10.4 Å². The highest BCUT2D eigenvalue weighted by molar-refractivity contribution is 9.10. The molecule has 0 aliphatic rings. The van der Waals surface area contributed by atoms with Crippen LogP contribution in [-0.4, -0.2) is 30.9 Å². The minimum atomic E-state index is -0.782. The number of rotatable bonds is 6. The molecule has 0 spiro atoms. The number of benzene rings is 2. The van der Waals surface area contributed by atoms with Crippen LogP contribution in [0.15, 0.2) is 53.0 Å². The summed E-state index contributed by atoms with van der Waals surface area (Å²) in [6.45, 7) is -0.969. The summed E-state index contributed by atoms with van der Waals surface area (Å²) in [4.78, 5) is 35.0. The van der Waals surface area contributed by atoms with Gasteiger partial charge in [0.2, 0.25) is 0 Å². The van der Waals surface area contributed by atoms with Crippen molar-refractivity contribution in [2.24, 2.45) is 0 Å². The number of hydrogen-bond donors (Lipinski definition) is 2. The number of nitrogens with one attached hydrogen (secondary N) is 2. The lowest BCUT2D eigenvalue weighted by molar-refractivity contribution is -0.146. The van der Waals surface area contributed by atoms with Crippen LogP contribution in [0.5, 0.6) is 0 Å². The maximum absolute atomic E-state index is 13.6. The smallest absolute Gasteiger partial charge is 0.325 e. The molecule has 8 heteroatoms. The van der Waals surface area contributed by atoms with Gasteiger partial charge in [0.05, 0.1) is 5.69 Å². The molecule has 0 atom stereocenters. The molecule has 2 aromatic rings. The zero-order valence-electron chi connectivity index (χ0n) is 12.9. The lowest BCUT2D eigenvalue weighted by Crippen LogP contribution is -2.32. The molecule has 0 aliphatic heterocycles. The summed E-state index contributed by atoms with van der Waals surface area (Å²) in [7, 11) is 0. The number of esters is 1. The first kappa shape index (κ1) is 18.6. The van der Waals surface area contributed by atoms with Gasteiger partial charge in [-0.05, 0) is 30.3 Å². The zero-order valence-corrected chi connectivity index (χ0v) is 14.5. The largest absolute Gasteiger partial charge is 0.454 e. The van der Waals surface area contributed by atoms with Crippen LogP contribution in [0, 0.1) is 5.82 Å². The molecule has 0 fully saturated rings. The van der Waals surface area contributed by atoms with Crippen molar-refractivity contribution in [1.82, 2.24) is 5.32 Å². The van der Waals surface area contributed by atoms with E-state index in [1.165, 1.54) is 12.1 Å². The molecule has 2 aromatic carbocycles. The molecule has 0 bridgehead atoms. The van der Waals surface area contributed by atoms with E-state index in [0.29, 0.717) is 10.0 Å². The molecule has 0 saturated heterocycles. The van der Waals surface area contributed by atoms with E-state index in [0.717, 1.165) is 0 Å². The van der Waals surface area contributed by atoms with Gasteiger partial charge in [-0.2, -0.15) is 0 Å². The first-order valence-electron chi connectivity index (χ1n) is 7.19. The normalized spacial score (nSPS) is 10.0. The van der Waals surface area contributed by atoms with E-state index in [9.17, 15) is 18.8 Å². The van der Waals surface area contributed by atoms with Crippen LogP contribution < -0.4 is 10.6 Å². The Morgan fingerprint density at radius 2 is 1.80 bits per heavy atom. The summed E-state index contributed by atoms with van der Waals surface area (Å²) >= 11 is 3.10. The highest BCUT2D eigenvalue weighted by atomic mass is 79.9. The van der Waals surface area contributed by atoms with Crippen molar-refractivity contribution in [2.45, 2.75) is 0 Å². The molecule has 2 rings (SSSR count). The van der Waals surface area contributed by atoms with E-state index < -0.39 is 30.2 Å². The second-order valence-corrected chi connectivity index (χ2v) is 5.80. The zero-order chi connectivity index (χ0) is 18.2. The Kier molecular flexibility index (Phi) is 6.64. The molecular formula is C17H14BrFN2O4. The maximum Gasteiger partial charge on any atom is 0.325 e. The van der Waals surface area contributed by atoms with Gasteiger partial charge in [0.15, 0.2) is 6.61 Å². The average molecular weight is 409 g/mol. The minimum Gasteiger partial charge on any atom is -0.454 e. The van der Waals surface area contributed by atoms with E-state index in [4.69, 9.17) is 4.74 Å². The quantitative estimate of drug-likeness (QED) is 0.719. The number of halogens is 2. The fraction of sp³-hybridized carbons (Fsp3) is 0.118. The Balaban J connectivity index is 1.74. The van der Waals surface area contributed by atoms with Crippen molar-refractivity contribution >= 4 is 39.4 Å². The van der Waals surface area contributed by atoms with E-state index in [1.54, 1.807) is 36.4 Å². The minimum absolute atomic E-state index is 0.0263. The topological polar surface area (TPSA) is 84.5 Å². The van der Waals surface area contributed by atoms with Gasteiger partial charge >= 0.3 is 5.97 Å². The molecule has 0 saturated carbocycles. The molecule has 2 amide bonds. The summed E-state index contributed by atoms with van der Waals surface area (Å²) in [5, 5.41) is 4.66. The summed E-state index contributed by atoms with van der Waals surface area (Å²) in [6.07, 6.45) is 0. The van der Waals surface area contributed by atoms with Gasteiger partial charge in [-0.3, -0.25) is 14.4 Å². The van der Waals surface area contributed by atoms with Gasteiger partial charge < -0.3 is 15.4 Å². The predicted molar refractivity (Wildman–Crippen MR) is 92.5 cm³/mol. The molecule has 0 aliphatic carbocycles. The fourth-order valence-electron chi connectivity index (χ4n) is 1.82. The third kappa shape index (κ3) is 6.00. The van der Waals surface area contributed by atoms with Gasteiger partial charge in [0, 0.05) is 10.0 Å². The lowest BCUT2D eigenvalue weighted by Gasteiger charge is -2.08.